The Morgan fingerprint density at radius 1 is 1.04 bits per heavy atom. The molecular formula is C22H17NO5. The third-order valence-corrected chi connectivity index (χ3v) is 4.05. The molecule has 0 bridgehead atoms. The molecule has 1 heterocycles. The van der Waals surface area contributed by atoms with Gasteiger partial charge in [-0.3, -0.25) is 14.4 Å². The summed E-state index contributed by atoms with van der Waals surface area (Å²) in [6, 6.07) is 15.7. The highest BCUT2D eigenvalue weighted by Crippen LogP contribution is 2.28. The number of nitrogens with zero attached hydrogens (tertiary/aromatic N) is 1. The highest BCUT2D eigenvalue weighted by molar-refractivity contribution is 6.20. The van der Waals surface area contributed by atoms with Gasteiger partial charge in [0, 0.05) is 12.5 Å². The lowest BCUT2D eigenvalue weighted by Crippen LogP contribution is -2.31. The van der Waals surface area contributed by atoms with Crippen molar-refractivity contribution in [3.05, 3.63) is 83.4 Å². The molecule has 6 nitrogen and oxygen atoms in total. The second-order valence-electron chi connectivity index (χ2n) is 5.84. The molecule has 0 saturated carbocycles. The number of esters is 1. The van der Waals surface area contributed by atoms with Gasteiger partial charge in [0.1, 0.15) is 6.10 Å². The van der Waals surface area contributed by atoms with Gasteiger partial charge in [-0.25, -0.2) is 4.79 Å². The Morgan fingerprint density at radius 3 is 2.25 bits per heavy atom. The minimum absolute atomic E-state index is 0.211. The first-order valence-electron chi connectivity index (χ1n) is 8.54. The van der Waals surface area contributed by atoms with Crippen molar-refractivity contribution in [3.63, 3.8) is 0 Å². The smallest absolute Gasteiger partial charge is 0.331 e. The lowest BCUT2D eigenvalue weighted by atomic mass is 10.1. The summed E-state index contributed by atoms with van der Waals surface area (Å²) < 4.78 is 4.49. The van der Waals surface area contributed by atoms with Crippen LogP contribution in [0.5, 0.6) is 0 Å². The van der Waals surface area contributed by atoms with E-state index in [0.717, 1.165) is 10.6 Å². The molecule has 1 unspecified atom stereocenters. The Bertz CT molecular complexity index is 950. The topological polar surface area (TPSA) is 72.9 Å². The van der Waals surface area contributed by atoms with Crippen LogP contribution in [0.15, 0.2) is 66.7 Å². The third kappa shape index (κ3) is 4.17. The summed E-state index contributed by atoms with van der Waals surface area (Å²) in [5.74, 6) is 4.08. The van der Waals surface area contributed by atoms with Crippen LogP contribution in [0, 0.1) is 11.8 Å². The van der Waals surface area contributed by atoms with Gasteiger partial charge < -0.3 is 4.74 Å². The van der Waals surface area contributed by atoms with Crippen LogP contribution in [0.25, 0.3) is 0 Å². The number of hydrogen-bond acceptors (Lipinski definition) is 5. The molecule has 0 aromatic heterocycles. The number of hydroxylamine groups is 2. The van der Waals surface area contributed by atoms with E-state index in [2.05, 4.69) is 16.6 Å². The highest BCUT2D eigenvalue weighted by atomic mass is 16.7. The first kappa shape index (κ1) is 19.1. The molecule has 0 spiro atoms. The van der Waals surface area contributed by atoms with E-state index in [9.17, 15) is 14.4 Å². The minimum Gasteiger partial charge on any atom is -0.466 e. The SMILES string of the molecule is COC(=O)/C=C\C#CCC(ON1C(=O)c2ccccc2C1=O)c1ccccc1. The van der Waals surface area contributed by atoms with E-state index < -0.39 is 23.9 Å². The molecule has 0 aliphatic carbocycles. The summed E-state index contributed by atoms with van der Waals surface area (Å²) in [4.78, 5) is 41.9. The average Bonchev–Trinajstić information content (AvgIpc) is 2.98. The van der Waals surface area contributed by atoms with Crippen molar-refractivity contribution in [2.45, 2.75) is 12.5 Å². The number of carbonyl (C=O) groups excluding carboxylic acids is 3. The van der Waals surface area contributed by atoms with Crippen molar-refractivity contribution in [2.24, 2.45) is 0 Å². The molecule has 2 aromatic rings. The molecule has 0 saturated heterocycles. The van der Waals surface area contributed by atoms with Crippen molar-refractivity contribution < 1.29 is 24.0 Å². The molecule has 1 aliphatic rings. The lowest BCUT2D eigenvalue weighted by molar-refractivity contribution is -0.134. The van der Waals surface area contributed by atoms with Gasteiger partial charge in [-0.15, -0.1) is 5.06 Å². The number of carbonyl (C=O) groups is 3. The molecule has 140 valence electrons. The van der Waals surface area contributed by atoms with Gasteiger partial charge >= 0.3 is 5.97 Å². The number of allylic oxidation sites excluding steroid dienone is 1. The Labute approximate surface area is 162 Å². The van der Waals surface area contributed by atoms with Crippen molar-refractivity contribution in [1.82, 2.24) is 5.06 Å². The van der Waals surface area contributed by atoms with E-state index in [4.69, 9.17) is 4.84 Å². The summed E-state index contributed by atoms with van der Waals surface area (Å²) in [7, 11) is 1.28. The Morgan fingerprint density at radius 2 is 1.64 bits per heavy atom. The maximum Gasteiger partial charge on any atom is 0.331 e. The van der Waals surface area contributed by atoms with Crippen molar-refractivity contribution in [1.29, 1.82) is 0 Å². The maximum atomic E-state index is 12.5. The molecule has 1 atom stereocenters. The largest absolute Gasteiger partial charge is 0.466 e. The zero-order valence-corrected chi connectivity index (χ0v) is 15.1. The molecule has 28 heavy (non-hydrogen) atoms. The zero-order valence-electron chi connectivity index (χ0n) is 15.1. The first-order valence-corrected chi connectivity index (χ1v) is 8.54. The van der Waals surface area contributed by atoms with E-state index in [-0.39, 0.29) is 6.42 Å². The second kappa shape index (κ2) is 8.80. The number of rotatable bonds is 5. The van der Waals surface area contributed by atoms with Gasteiger partial charge in [-0.1, -0.05) is 54.3 Å². The van der Waals surface area contributed by atoms with Crippen LogP contribution in [-0.2, 0) is 14.4 Å². The van der Waals surface area contributed by atoms with Crippen molar-refractivity contribution >= 4 is 17.8 Å². The van der Waals surface area contributed by atoms with Gasteiger partial charge in [0.2, 0.25) is 0 Å². The van der Waals surface area contributed by atoms with Crippen LogP contribution < -0.4 is 0 Å². The van der Waals surface area contributed by atoms with Crippen molar-refractivity contribution in [2.75, 3.05) is 7.11 Å². The molecule has 0 radical (unpaired) electrons. The van der Waals surface area contributed by atoms with Gasteiger partial charge in [-0.2, -0.15) is 0 Å². The Kier molecular flexibility index (Phi) is 6.00. The van der Waals surface area contributed by atoms with E-state index in [1.165, 1.54) is 19.3 Å². The summed E-state index contributed by atoms with van der Waals surface area (Å²) >= 11 is 0. The molecule has 1 aliphatic heterocycles. The number of fused-ring (bicyclic) bond motifs is 1. The maximum absolute atomic E-state index is 12.5. The van der Waals surface area contributed by atoms with E-state index in [1.54, 1.807) is 24.3 Å². The average molecular weight is 375 g/mol. The number of ether oxygens (including phenoxy) is 1. The van der Waals surface area contributed by atoms with Gasteiger partial charge in [0.15, 0.2) is 0 Å². The zero-order chi connectivity index (χ0) is 19.9. The number of methoxy groups -OCH3 is 1. The molecule has 0 N–H and O–H groups in total. The highest BCUT2D eigenvalue weighted by Gasteiger charge is 2.38. The monoisotopic (exact) mass is 375 g/mol. The van der Waals surface area contributed by atoms with Crippen LogP contribution in [0.3, 0.4) is 0 Å². The van der Waals surface area contributed by atoms with Gasteiger partial charge in [-0.05, 0) is 23.8 Å². The lowest BCUT2D eigenvalue weighted by Gasteiger charge is -2.21. The molecule has 6 heteroatoms. The number of imide groups is 1. The van der Waals surface area contributed by atoms with E-state index in [0.29, 0.717) is 11.1 Å². The first-order chi connectivity index (χ1) is 13.6. The minimum atomic E-state index is -0.637. The van der Waals surface area contributed by atoms with Gasteiger partial charge in [0.05, 0.1) is 18.2 Å². The molecule has 2 aromatic carbocycles. The summed E-state index contributed by atoms with van der Waals surface area (Å²) in [6.45, 7) is 0. The molecular weight excluding hydrogens is 358 g/mol. The van der Waals surface area contributed by atoms with Crippen LogP contribution >= 0.6 is 0 Å². The fourth-order valence-corrected chi connectivity index (χ4v) is 2.66. The predicted octanol–water partition coefficient (Wildman–Crippen LogP) is 3.08. The summed E-state index contributed by atoms with van der Waals surface area (Å²) in [6.07, 6.45) is 2.15. The van der Waals surface area contributed by atoms with Crippen LogP contribution in [0.1, 0.15) is 38.8 Å². The number of hydrogen-bond donors (Lipinski definition) is 0. The predicted molar refractivity (Wildman–Crippen MR) is 101 cm³/mol. The standard InChI is InChI=1S/C22H17NO5/c1-27-20(24)15-7-3-6-14-19(16-10-4-2-5-11-16)28-23-21(25)17-12-8-9-13-18(17)22(23)26/h2,4-5,7-13,15,19H,14H2,1H3/b15-7-. The normalized spacial score (nSPS) is 13.8. The fraction of sp³-hybridized carbons (Fsp3) is 0.136. The van der Waals surface area contributed by atoms with Crippen molar-refractivity contribution in [3.8, 4) is 11.8 Å². The quantitative estimate of drug-likeness (QED) is 0.348. The Balaban J connectivity index is 1.79. The molecule has 2 amide bonds. The number of benzene rings is 2. The number of amides is 2. The summed E-state index contributed by atoms with van der Waals surface area (Å²) in [5.41, 5.74) is 1.39. The summed E-state index contributed by atoms with van der Waals surface area (Å²) in [5, 5.41) is 0.786. The Hall–Kier alpha value is -3.69. The van der Waals surface area contributed by atoms with Crippen LogP contribution in [-0.4, -0.2) is 30.0 Å². The van der Waals surface area contributed by atoms with E-state index in [1.807, 2.05) is 30.3 Å². The third-order valence-electron chi connectivity index (χ3n) is 4.05. The second-order valence-corrected chi connectivity index (χ2v) is 5.84. The molecule has 3 rings (SSSR count). The van der Waals surface area contributed by atoms with Gasteiger partial charge in [0.25, 0.3) is 11.8 Å². The van der Waals surface area contributed by atoms with Crippen LogP contribution in [0.4, 0.5) is 0 Å². The van der Waals surface area contributed by atoms with Crippen LogP contribution in [0.2, 0.25) is 0 Å². The fourth-order valence-electron chi connectivity index (χ4n) is 2.66. The van der Waals surface area contributed by atoms with E-state index >= 15 is 0 Å². The molecule has 0 fully saturated rings.